The molecular formula is C11H7O2. The van der Waals surface area contributed by atoms with Crippen molar-refractivity contribution in [2.45, 2.75) is 0 Å². The number of fused-ring (bicyclic) bond motifs is 1. The summed E-state index contributed by atoms with van der Waals surface area (Å²) >= 11 is 0. The van der Waals surface area contributed by atoms with Crippen LogP contribution in [0.4, 0.5) is 0 Å². The van der Waals surface area contributed by atoms with Crippen molar-refractivity contribution in [3.63, 3.8) is 0 Å². The van der Waals surface area contributed by atoms with Gasteiger partial charge < -0.3 is 4.74 Å². The van der Waals surface area contributed by atoms with Crippen LogP contribution in [0.15, 0.2) is 36.9 Å². The number of hydrogen-bond acceptors (Lipinski definition) is 2. The Kier molecular flexibility index (Phi) is 1.74. The van der Waals surface area contributed by atoms with E-state index in [9.17, 15) is 4.79 Å². The molecule has 1 aliphatic heterocycles. The number of benzene rings is 1. The molecule has 63 valence electrons. The zero-order valence-corrected chi connectivity index (χ0v) is 6.91. The largest absolute Gasteiger partial charge is 0.422 e. The van der Waals surface area contributed by atoms with E-state index in [0.29, 0.717) is 11.3 Å². The summed E-state index contributed by atoms with van der Waals surface area (Å²) in [6.07, 6.45) is 4.25. The molecule has 0 spiro atoms. The lowest BCUT2D eigenvalue weighted by atomic mass is 10.1. The Morgan fingerprint density at radius 1 is 1.31 bits per heavy atom. The van der Waals surface area contributed by atoms with E-state index >= 15 is 0 Å². The van der Waals surface area contributed by atoms with Crippen molar-refractivity contribution in [3.8, 4) is 0 Å². The minimum absolute atomic E-state index is 0.319. The van der Waals surface area contributed by atoms with Gasteiger partial charge in [-0.3, -0.25) is 0 Å². The number of carbonyl (C=O) groups is 1. The highest BCUT2D eigenvalue weighted by molar-refractivity contribution is 6.02. The molecule has 1 aliphatic rings. The average Bonchev–Trinajstić information content (AvgIpc) is 2.46. The first-order valence-electron chi connectivity index (χ1n) is 3.89. The first-order chi connectivity index (χ1) is 6.33. The summed E-state index contributed by atoms with van der Waals surface area (Å²) in [5.41, 5.74) is 1.37. The number of rotatable bonds is 1. The third-order valence-corrected chi connectivity index (χ3v) is 1.82. The van der Waals surface area contributed by atoms with E-state index in [1.54, 1.807) is 12.1 Å². The van der Waals surface area contributed by atoms with Crippen molar-refractivity contribution in [1.29, 1.82) is 0 Å². The fraction of sp³-hybridized carbons (Fsp3) is 0. The molecule has 0 amide bonds. The zero-order valence-electron chi connectivity index (χ0n) is 6.91. The topological polar surface area (TPSA) is 26.3 Å². The highest BCUT2D eigenvalue weighted by Gasteiger charge is 2.24. The summed E-state index contributed by atoms with van der Waals surface area (Å²) in [6.45, 7) is 3.50. The number of esters is 1. The second kappa shape index (κ2) is 2.90. The lowest BCUT2D eigenvalue weighted by Crippen LogP contribution is -1.92. The van der Waals surface area contributed by atoms with Crippen LogP contribution >= 0.6 is 0 Å². The molecule has 0 atom stereocenters. The van der Waals surface area contributed by atoms with E-state index in [1.807, 2.05) is 12.1 Å². The van der Waals surface area contributed by atoms with Gasteiger partial charge in [-0.1, -0.05) is 30.9 Å². The van der Waals surface area contributed by atoms with Crippen LogP contribution in [0, 0.1) is 6.08 Å². The molecule has 0 bridgehead atoms. The van der Waals surface area contributed by atoms with Crippen molar-refractivity contribution < 1.29 is 9.53 Å². The van der Waals surface area contributed by atoms with Gasteiger partial charge in [0.2, 0.25) is 0 Å². The molecule has 0 saturated heterocycles. The van der Waals surface area contributed by atoms with Crippen LogP contribution in [0.25, 0.3) is 5.76 Å². The van der Waals surface area contributed by atoms with Crippen molar-refractivity contribution in [2.24, 2.45) is 0 Å². The molecule has 0 saturated carbocycles. The minimum atomic E-state index is -0.319. The van der Waals surface area contributed by atoms with E-state index in [1.165, 1.54) is 6.08 Å². The second-order valence-electron chi connectivity index (χ2n) is 2.61. The maximum absolute atomic E-state index is 11.2. The minimum Gasteiger partial charge on any atom is -0.422 e. The van der Waals surface area contributed by atoms with Crippen molar-refractivity contribution in [2.75, 3.05) is 0 Å². The Bertz CT molecular complexity index is 402. The van der Waals surface area contributed by atoms with Crippen LogP contribution in [-0.2, 0) is 4.74 Å². The molecular weight excluding hydrogens is 164 g/mol. The predicted octanol–water partition coefficient (Wildman–Crippen LogP) is 2.19. The molecule has 13 heavy (non-hydrogen) atoms. The van der Waals surface area contributed by atoms with Gasteiger partial charge in [0.1, 0.15) is 5.76 Å². The molecule has 0 N–H and O–H groups in total. The molecule has 1 aromatic rings. The highest BCUT2D eigenvalue weighted by Crippen LogP contribution is 2.28. The first-order valence-corrected chi connectivity index (χ1v) is 3.89. The number of carbonyl (C=O) groups excluding carboxylic acids is 1. The summed E-state index contributed by atoms with van der Waals surface area (Å²) < 4.78 is 4.97. The van der Waals surface area contributed by atoms with E-state index in [2.05, 4.69) is 12.7 Å². The van der Waals surface area contributed by atoms with Gasteiger partial charge in [0.15, 0.2) is 0 Å². The van der Waals surface area contributed by atoms with Gasteiger partial charge in [-0.05, 0) is 6.07 Å². The van der Waals surface area contributed by atoms with Crippen molar-refractivity contribution in [1.82, 2.24) is 0 Å². The quantitative estimate of drug-likeness (QED) is 0.605. The van der Waals surface area contributed by atoms with E-state index in [4.69, 9.17) is 4.74 Å². The van der Waals surface area contributed by atoms with Crippen LogP contribution in [0.3, 0.4) is 0 Å². The first kappa shape index (κ1) is 7.80. The number of allylic oxidation sites excluding steroid dienone is 2. The number of ether oxygens (including phenoxy) is 1. The summed E-state index contributed by atoms with van der Waals surface area (Å²) in [5, 5.41) is 0. The van der Waals surface area contributed by atoms with Crippen LogP contribution in [0.5, 0.6) is 0 Å². The van der Waals surface area contributed by atoms with Crippen LogP contribution in [-0.4, -0.2) is 5.97 Å². The van der Waals surface area contributed by atoms with Gasteiger partial charge in [0, 0.05) is 11.6 Å². The molecule has 0 fully saturated rings. The maximum atomic E-state index is 11.2. The maximum Gasteiger partial charge on any atom is 0.344 e. The summed E-state index contributed by atoms with van der Waals surface area (Å²) in [6, 6.07) is 7.21. The molecule has 1 radical (unpaired) electrons. The Morgan fingerprint density at radius 2 is 2.00 bits per heavy atom. The second-order valence-corrected chi connectivity index (χ2v) is 2.61. The average molecular weight is 171 g/mol. The fourth-order valence-electron chi connectivity index (χ4n) is 1.26. The van der Waals surface area contributed by atoms with Gasteiger partial charge in [-0.25, -0.2) is 4.79 Å². The van der Waals surface area contributed by atoms with Crippen LogP contribution in [0.2, 0.25) is 0 Å². The fourth-order valence-corrected chi connectivity index (χ4v) is 1.26. The normalized spacial score (nSPS) is 16.9. The third kappa shape index (κ3) is 1.16. The van der Waals surface area contributed by atoms with E-state index < -0.39 is 0 Å². The SMILES string of the molecule is C=C/[C]=C1\OC(=O)c2ccccc21. The number of hydrogen-bond donors (Lipinski definition) is 0. The molecule has 2 rings (SSSR count). The summed E-state index contributed by atoms with van der Waals surface area (Å²) in [7, 11) is 0. The van der Waals surface area contributed by atoms with Crippen molar-refractivity contribution >= 4 is 11.7 Å². The lowest BCUT2D eigenvalue weighted by molar-refractivity contribution is 0.0715. The molecule has 1 aromatic carbocycles. The lowest BCUT2D eigenvalue weighted by Gasteiger charge is -1.93. The smallest absolute Gasteiger partial charge is 0.344 e. The van der Waals surface area contributed by atoms with E-state index in [-0.39, 0.29) is 5.97 Å². The van der Waals surface area contributed by atoms with Gasteiger partial charge in [-0.2, -0.15) is 0 Å². The molecule has 2 heteroatoms. The van der Waals surface area contributed by atoms with Gasteiger partial charge in [0.05, 0.1) is 5.56 Å². The van der Waals surface area contributed by atoms with Crippen molar-refractivity contribution in [3.05, 3.63) is 54.1 Å². The molecule has 0 unspecified atom stereocenters. The highest BCUT2D eigenvalue weighted by atomic mass is 16.5. The van der Waals surface area contributed by atoms with Crippen LogP contribution < -0.4 is 0 Å². The molecule has 0 aromatic heterocycles. The summed E-state index contributed by atoms with van der Waals surface area (Å²) in [4.78, 5) is 11.2. The zero-order chi connectivity index (χ0) is 9.26. The van der Waals surface area contributed by atoms with Gasteiger partial charge >= 0.3 is 5.97 Å². The predicted molar refractivity (Wildman–Crippen MR) is 48.7 cm³/mol. The Balaban J connectivity index is 2.59. The Morgan fingerprint density at radius 3 is 2.69 bits per heavy atom. The van der Waals surface area contributed by atoms with Gasteiger partial charge in [0.25, 0.3) is 0 Å². The molecule has 1 heterocycles. The monoisotopic (exact) mass is 171 g/mol. The van der Waals surface area contributed by atoms with Crippen LogP contribution in [0.1, 0.15) is 15.9 Å². The Labute approximate surface area is 76.1 Å². The Hall–Kier alpha value is -1.83. The molecule has 2 nitrogen and oxygen atoms in total. The molecule has 0 aliphatic carbocycles. The standard InChI is InChI=1S/C11H7O2/c1-2-5-10-8-6-3-4-7-9(8)11(12)13-10/h2-4,6-7H,1H2. The number of cyclic esters (lactones) is 1. The van der Waals surface area contributed by atoms with E-state index in [0.717, 1.165) is 5.56 Å². The summed E-state index contributed by atoms with van der Waals surface area (Å²) in [5.74, 6) is 0.135. The van der Waals surface area contributed by atoms with Gasteiger partial charge in [-0.15, -0.1) is 0 Å². The third-order valence-electron chi connectivity index (χ3n) is 1.82.